The summed E-state index contributed by atoms with van der Waals surface area (Å²) < 4.78 is 5.25. The molecule has 3 aromatic carbocycles. The van der Waals surface area contributed by atoms with Crippen LogP contribution in [0.5, 0.6) is 5.75 Å². The van der Waals surface area contributed by atoms with E-state index in [4.69, 9.17) is 4.74 Å². The zero-order valence-electron chi connectivity index (χ0n) is 12.9. The third-order valence-electron chi connectivity index (χ3n) is 4.03. The Morgan fingerprint density at radius 3 is 1.91 bits per heavy atom. The summed E-state index contributed by atoms with van der Waals surface area (Å²) in [6.45, 7) is 0.846. The number of fused-ring (bicyclic) bond motifs is 2. The number of hydrogen-bond acceptors (Lipinski definition) is 3. The minimum atomic E-state index is 0.846. The van der Waals surface area contributed by atoms with E-state index < -0.39 is 0 Å². The molecule has 0 N–H and O–H groups in total. The number of ether oxygens (including phenoxy) is 1. The van der Waals surface area contributed by atoms with Gasteiger partial charge in [0.1, 0.15) is 5.75 Å². The topological polar surface area (TPSA) is 12.5 Å². The summed E-state index contributed by atoms with van der Waals surface area (Å²) in [4.78, 5) is 5.00. The molecule has 114 valence electrons. The molecule has 2 nitrogen and oxygen atoms in total. The van der Waals surface area contributed by atoms with Crippen molar-refractivity contribution in [1.29, 1.82) is 0 Å². The molecule has 0 atom stereocenters. The number of rotatable bonds is 3. The predicted octanol–water partition coefficient (Wildman–Crippen LogP) is 5.50. The predicted molar refractivity (Wildman–Crippen MR) is 95.8 cm³/mol. The van der Waals surface area contributed by atoms with E-state index in [0.717, 1.165) is 12.3 Å². The summed E-state index contributed by atoms with van der Waals surface area (Å²) in [6.07, 6.45) is 0. The van der Waals surface area contributed by atoms with Gasteiger partial charge in [0, 0.05) is 16.3 Å². The molecule has 1 aliphatic rings. The van der Waals surface area contributed by atoms with Crippen LogP contribution in [0.3, 0.4) is 0 Å². The first-order chi connectivity index (χ1) is 11.3. The zero-order valence-corrected chi connectivity index (χ0v) is 13.7. The van der Waals surface area contributed by atoms with Gasteiger partial charge in [0.05, 0.1) is 18.5 Å². The van der Waals surface area contributed by atoms with E-state index >= 15 is 0 Å². The smallest absolute Gasteiger partial charge is 0.118 e. The van der Waals surface area contributed by atoms with Crippen molar-refractivity contribution in [1.82, 2.24) is 0 Å². The molecule has 0 saturated carbocycles. The molecule has 0 fully saturated rings. The summed E-state index contributed by atoms with van der Waals surface area (Å²) in [5.41, 5.74) is 3.81. The van der Waals surface area contributed by atoms with Crippen molar-refractivity contribution >= 4 is 23.1 Å². The van der Waals surface area contributed by atoms with Crippen LogP contribution in [0.1, 0.15) is 5.56 Å². The first kappa shape index (κ1) is 14.2. The molecule has 1 aliphatic heterocycles. The highest BCUT2D eigenvalue weighted by Gasteiger charge is 2.22. The van der Waals surface area contributed by atoms with Gasteiger partial charge in [-0.05, 0) is 42.0 Å². The molecule has 23 heavy (non-hydrogen) atoms. The van der Waals surface area contributed by atoms with Crippen molar-refractivity contribution in [2.45, 2.75) is 16.3 Å². The van der Waals surface area contributed by atoms with E-state index in [2.05, 4.69) is 65.6 Å². The van der Waals surface area contributed by atoms with Gasteiger partial charge in [0.25, 0.3) is 0 Å². The van der Waals surface area contributed by atoms with Gasteiger partial charge in [-0.15, -0.1) is 0 Å². The van der Waals surface area contributed by atoms with Crippen LogP contribution in [0.2, 0.25) is 0 Å². The lowest BCUT2D eigenvalue weighted by atomic mass is 10.1. The monoisotopic (exact) mass is 319 g/mol. The second kappa shape index (κ2) is 6.01. The molecule has 0 spiro atoms. The maximum atomic E-state index is 5.25. The average molecular weight is 319 g/mol. The van der Waals surface area contributed by atoms with Gasteiger partial charge in [0.2, 0.25) is 0 Å². The standard InChI is InChI=1S/C20H17NOS/c1-22-16-12-10-15(11-13-16)14-21-17-6-2-4-8-19(17)23-20-9-5-3-7-18(20)21/h2-13H,14H2,1H3. The summed E-state index contributed by atoms with van der Waals surface area (Å²) in [5.74, 6) is 0.892. The van der Waals surface area contributed by atoms with Gasteiger partial charge >= 0.3 is 0 Å². The first-order valence-corrected chi connectivity index (χ1v) is 8.43. The number of para-hydroxylation sites is 2. The van der Waals surface area contributed by atoms with Gasteiger partial charge in [-0.25, -0.2) is 0 Å². The maximum Gasteiger partial charge on any atom is 0.118 e. The maximum absolute atomic E-state index is 5.25. The van der Waals surface area contributed by atoms with E-state index in [1.807, 2.05) is 23.9 Å². The fraction of sp³-hybridized carbons (Fsp3) is 0.100. The normalized spacial score (nSPS) is 12.5. The first-order valence-electron chi connectivity index (χ1n) is 7.61. The molecule has 3 aromatic rings. The van der Waals surface area contributed by atoms with Crippen LogP contribution in [0, 0.1) is 0 Å². The molecule has 0 aliphatic carbocycles. The second-order valence-electron chi connectivity index (χ2n) is 5.47. The molecule has 0 amide bonds. The second-order valence-corrected chi connectivity index (χ2v) is 6.56. The minimum Gasteiger partial charge on any atom is -0.497 e. The number of anilines is 2. The zero-order chi connectivity index (χ0) is 15.6. The molecule has 0 aromatic heterocycles. The average Bonchev–Trinajstić information content (AvgIpc) is 2.62. The van der Waals surface area contributed by atoms with Crippen molar-refractivity contribution in [3.8, 4) is 5.75 Å². The molecular formula is C20H17NOS. The van der Waals surface area contributed by atoms with Crippen molar-refractivity contribution in [2.24, 2.45) is 0 Å². The highest BCUT2D eigenvalue weighted by atomic mass is 32.2. The number of hydrogen-bond donors (Lipinski definition) is 0. The van der Waals surface area contributed by atoms with Gasteiger partial charge in [0.15, 0.2) is 0 Å². The molecule has 0 radical (unpaired) electrons. The third-order valence-corrected chi connectivity index (χ3v) is 5.16. The van der Waals surface area contributed by atoms with Crippen LogP contribution in [-0.4, -0.2) is 7.11 Å². The summed E-state index contributed by atoms with van der Waals surface area (Å²) >= 11 is 1.84. The van der Waals surface area contributed by atoms with E-state index in [1.165, 1.54) is 26.7 Å². The van der Waals surface area contributed by atoms with Crippen molar-refractivity contribution in [3.05, 3.63) is 78.4 Å². The summed E-state index contributed by atoms with van der Waals surface area (Å²) in [5, 5.41) is 0. The SMILES string of the molecule is COc1ccc(CN2c3ccccc3Sc3ccccc32)cc1. The number of nitrogens with zero attached hydrogens (tertiary/aromatic N) is 1. The highest BCUT2D eigenvalue weighted by Crippen LogP contribution is 2.48. The Morgan fingerprint density at radius 1 is 0.783 bits per heavy atom. The van der Waals surface area contributed by atoms with Crippen molar-refractivity contribution < 1.29 is 4.74 Å². The van der Waals surface area contributed by atoms with Gasteiger partial charge in [-0.1, -0.05) is 48.2 Å². The van der Waals surface area contributed by atoms with E-state index in [-0.39, 0.29) is 0 Å². The van der Waals surface area contributed by atoms with E-state index in [0.29, 0.717) is 0 Å². The molecular weight excluding hydrogens is 302 g/mol. The Kier molecular flexibility index (Phi) is 3.72. The summed E-state index contributed by atoms with van der Waals surface area (Å²) in [6, 6.07) is 25.5. The third kappa shape index (κ3) is 2.68. The van der Waals surface area contributed by atoms with Gasteiger partial charge in [-0.3, -0.25) is 0 Å². The van der Waals surface area contributed by atoms with Crippen LogP contribution < -0.4 is 9.64 Å². The Balaban J connectivity index is 1.74. The van der Waals surface area contributed by atoms with Crippen LogP contribution in [0.25, 0.3) is 0 Å². The molecule has 0 unspecified atom stereocenters. The van der Waals surface area contributed by atoms with Crippen LogP contribution in [-0.2, 0) is 6.54 Å². The number of methoxy groups -OCH3 is 1. The van der Waals surface area contributed by atoms with Crippen LogP contribution >= 0.6 is 11.8 Å². The largest absolute Gasteiger partial charge is 0.497 e. The fourth-order valence-electron chi connectivity index (χ4n) is 2.87. The Morgan fingerprint density at radius 2 is 1.35 bits per heavy atom. The Bertz CT molecular complexity index is 784. The highest BCUT2D eigenvalue weighted by molar-refractivity contribution is 7.99. The lowest BCUT2D eigenvalue weighted by molar-refractivity contribution is 0.414. The molecule has 0 bridgehead atoms. The molecule has 4 rings (SSSR count). The lowest BCUT2D eigenvalue weighted by Gasteiger charge is -2.32. The number of benzene rings is 3. The van der Waals surface area contributed by atoms with Gasteiger partial charge in [-0.2, -0.15) is 0 Å². The van der Waals surface area contributed by atoms with Crippen molar-refractivity contribution in [2.75, 3.05) is 12.0 Å². The summed E-state index contributed by atoms with van der Waals surface area (Å²) in [7, 11) is 1.70. The van der Waals surface area contributed by atoms with Gasteiger partial charge < -0.3 is 9.64 Å². The molecule has 0 saturated heterocycles. The van der Waals surface area contributed by atoms with Crippen LogP contribution in [0.15, 0.2) is 82.6 Å². The van der Waals surface area contributed by atoms with Crippen molar-refractivity contribution in [3.63, 3.8) is 0 Å². The molecule has 1 heterocycles. The Hall–Kier alpha value is -2.39. The quantitative estimate of drug-likeness (QED) is 0.632. The van der Waals surface area contributed by atoms with E-state index in [1.54, 1.807) is 7.11 Å². The lowest BCUT2D eigenvalue weighted by Crippen LogP contribution is -2.20. The minimum absolute atomic E-state index is 0.846. The van der Waals surface area contributed by atoms with E-state index in [9.17, 15) is 0 Å². The van der Waals surface area contributed by atoms with Crippen LogP contribution in [0.4, 0.5) is 11.4 Å². The molecule has 3 heteroatoms. The Labute approximate surface area is 140 Å². The fourth-order valence-corrected chi connectivity index (χ4v) is 3.96.